The van der Waals surface area contributed by atoms with Gasteiger partial charge in [0.25, 0.3) is 5.82 Å². The maximum absolute atomic E-state index is 10.6. The molecule has 78 valence electrons. The van der Waals surface area contributed by atoms with Crippen molar-refractivity contribution in [2.45, 2.75) is 0 Å². The summed E-state index contributed by atoms with van der Waals surface area (Å²) >= 11 is 0. The van der Waals surface area contributed by atoms with Crippen molar-refractivity contribution in [2.75, 3.05) is 0 Å². The number of hydrogen-bond donors (Lipinski definition) is 0. The molecule has 0 N–H and O–H groups in total. The van der Waals surface area contributed by atoms with Gasteiger partial charge < -0.3 is 5.53 Å². The fraction of sp³-hybridized carbons (Fsp3) is 0. The Labute approximate surface area is 89.9 Å². The van der Waals surface area contributed by atoms with Crippen molar-refractivity contribution >= 4 is 12.0 Å². The molecule has 0 radical (unpaired) electrons. The Balaban J connectivity index is 2.56. The van der Waals surface area contributed by atoms with E-state index in [2.05, 4.69) is 20.3 Å². The molecule has 0 spiro atoms. The molecule has 0 aliphatic rings. The molecule has 1 aromatic carbocycles. The largest absolute Gasteiger partial charge is 0.400 e. The molecule has 0 fully saturated rings. The number of rotatable bonds is 3. The molecular formula is C9H6N6O. The summed E-state index contributed by atoms with van der Waals surface area (Å²) in [6.07, 6.45) is 0.380. The van der Waals surface area contributed by atoms with Crippen molar-refractivity contribution in [3.05, 3.63) is 41.7 Å². The van der Waals surface area contributed by atoms with Crippen LogP contribution in [-0.4, -0.2) is 37.0 Å². The van der Waals surface area contributed by atoms with Crippen LogP contribution in [-0.2, 0) is 4.79 Å². The molecular weight excluding hydrogens is 208 g/mol. The summed E-state index contributed by atoms with van der Waals surface area (Å²) < 4.78 is 1.31. The highest BCUT2D eigenvalue weighted by Crippen LogP contribution is 2.06. The van der Waals surface area contributed by atoms with E-state index >= 15 is 0 Å². The first kappa shape index (κ1) is 9.88. The zero-order chi connectivity index (χ0) is 11.4. The highest BCUT2D eigenvalue weighted by atomic mass is 16.1. The molecule has 0 aliphatic carbocycles. The summed E-state index contributed by atoms with van der Waals surface area (Å²) in [6, 6.07) is 8.97. The van der Waals surface area contributed by atoms with Crippen LogP contribution in [0, 0.1) is 0 Å². The second-order valence-electron chi connectivity index (χ2n) is 2.85. The van der Waals surface area contributed by atoms with Gasteiger partial charge in [0.05, 0.1) is 5.69 Å². The Morgan fingerprint density at radius 1 is 1.38 bits per heavy atom. The van der Waals surface area contributed by atoms with Crippen LogP contribution in [0.2, 0.25) is 0 Å². The first-order chi connectivity index (χ1) is 7.86. The van der Waals surface area contributed by atoms with E-state index in [0.29, 0.717) is 12.0 Å². The Kier molecular flexibility index (Phi) is 2.62. The van der Waals surface area contributed by atoms with Crippen molar-refractivity contribution in [2.24, 2.45) is 0 Å². The number of carbonyl (C=O) groups excluding carboxylic acids is 1. The van der Waals surface area contributed by atoms with Gasteiger partial charge in [0, 0.05) is 0 Å². The molecule has 0 aliphatic heterocycles. The van der Waals surface area contributed by atoms with Gasteiger partial charge in [-0.05, 0) is 22.6 Å². The Hall–Kier alpha value is -2.66. The molecule has 0 amide bonds. The standard InChI is InChI=1S/C9H6N6O/c10-11-8(6-16)9-12-13-14-15(9)7-4-2-1-3-5-7/h1-6H. The van der Waals surface area contributed by atoms with Crippen molar-refractivity contribution in [1.29, 1.82) is 0 Å². The fourth-order valence-corrected chi connectivity index (χ4v) is 1.21. The van der Waals surface area contributed by atoms with Crippen molar-refractivity contribution in [3.63, 3.8) is 0 Å². The van der Waals surface area contributed by atoms with Crippen LogP contribution in [0.5, 0.6) is 0 Å². The number of tetrazole rings is 1. The van der Waals surface area contributed by atoms with Gasteiger partial charge in [0.15, 0.2) is 0 Å². The SMILES string of the molecule is [N-]=[N+]=C(C=O)c1nnnn1-c1ccccc1. The number of carbonyl (C=O) groups is 1. The molecule has 0 bridgehead atoms. The molecule has 2 rings (SSSR count). The smallest absolute Gasteiger partial charge is 0.360 e. The molecule has 7 nitrogen and oxygen atoms in total. The molecule has 0 saturated carbocycles. The topological polar surface area (TPSA) is 97.1 Å². The second kappa shape index (κ2) is 4.24. The first-order valence-corrected chi connectivity index (χ1v) is 4.38. The molecule has 1 heterocycles. The van der Waals surface area contributed by atoms with Crippen molar-refractivity contribution < 1.29 is 9.58 Å². The van der Waals surface area contributed by atoms with Crippen LogP contribution < -0.4 is 0 Å². The highest BCUT2D eigenvalue weighted by molar-refractivity contribution is 6.32. The summed E-state index contributed by atoms with van der Waals surface area (Å²) in [7, 11) is 0. The van der Waals surface area contributed by atoms with Gasteiger partial charge in [-0.25, -0.2) is 0 Å². The minimum atomic E-state index is -0.228. The van der Waals surface area contributed by atoms with E-state index in [0.717, 1.165) is 0 Å². The number of nitrogens with zero attached hydrogens (tertiary/aromatic N) is 6. The second-order valence-corrected chi connectivity index (χ2v) is 2.85. The monoisotopic (exact) mass is 214 g/mol. The average Bonchev–Trinajstić information content (AvgIpc) is 2.81. The molecule has 1 aromatic heterocycles. The Morgan fingerprint density at radius 2 is 2.12 bits per heavy atom. The zero-order valence-corrected chi connectivity index (χ0v) is 8.06. The van der Waals surface area contributed by atoms with Crippen molar-refractivity contribution in [1.82, 2.24) is 20.2 Å². The van der Waals surface area contributed by atoms with Crippen LogP contribution in [0.3, 0.4) is 0 Å². The minimum absolute atomic E-state index is 0.0868. The summed E-state index contributed by atoms with van der Waals surface area (Å²) in [5, 5.41) is 10.7. The van der Waals surface area contributed by atoms with Crippen molar-refractivity contribution in [3.8, 4) is 5.69 Å². The lowest BCUT2D eigenvalue weighted by Crippen LogP contribution is -2.13. The van der Waals surface area contributed by atoms with Gasteiger partial charge in [-0.2, -0.15) is 9.47 Å². The highest BCUT2D eigenvalue weighted by Gasteiger charge is 2.20. The average molecular weight is 214 g/mol. The van der Waals surface area contributed by atoms with E-state index in [1.807, 2.05) is 6.07 Å². The Morgan fingerprint density at radius 3 is 2.75 bits per heavy atom. The third-order valence-electron chi connectivity index (χ3n) is 1.92. The summed E-state index contributed by atoms with van der Waals surface area (Å²) in [5.41, 5.74) is 9.06. The van der Waals surface area contributed by atoms with E-state index in [4.69, 9.17) is 5.53 Å². The quantitative estimate of drug-likeness (QED) is 0.308. The summed E-state index contributed by atoms with van der Waals surface area (Å²) in [6.45, 7) is 0. The lowest BCUT2D eigenvalue weighted by Gasteiger charge is -1.98. The zero-order valence-electron chi connectivity index (χ0n) is 8.06. The van der Waals surface area contributed by atoms with E-state index < -0.39 is 0 Å². The molecule has 0 atom stereocenters. The van der Waals surface area contributed by atoms with Crippen LogP contribution in [0.1, 0.15) is 5.82 Å². The number of para-hydroxylation sites is 1. The Bertz CT molecular complexity index is 554. The van der Waals surface area contributed by atoms with Crippen LogP contribution in [0.15, 0.2) is 30.3 Å². The predicted molar refractivity (Wildman–Crippen MR) is 52.9 cm³/mol. The maximum Gasteiger partial charge on any atom is 0.400 e. The predicted octanol–water partition coefficient (Wildman–Crippen LogP) is -0.120. The van der Waals surface area contributed by atoms with Crippen LogP contribution in [0.25, 0.3) is 11.2 Å². The third kappa shape index (κ3) is 1.62. The van der Waals surface area contributed by atoms with Gasteiger partial charge in [0.1, 0.15) is 0 Å². The number of hydrogen-bond acceptors (Lipinski definition) is 4. The lowest BCUT2D eigenvalue weighted by atomic mass is 10.3. The fourth-order valence-electron chi connectivity index (χ4n) is 1.21. The van der Waals surface area contributed by atoms with Gasteiger partial charge in [-0.1, -0.05) is 23.3 Å². The van der Waals surface area contributed by atoms with E-state index in [1.165, 1.54) is 4.68 Å². The number of benzene rings is 1. The number of aldehydes is 1. The van der Waals surface area contributed by atoms with Gasteiger partial charge in [-0.3, -0.25) is 4.79 Å². The molecule has 0 unspecified atom stereocenters. The molecule has 2 aromatic rings. The maximum atomic E-state index is 10.6. The van der Waals surface area contributed by atoms with Crippen LogP contribution in [0.4, 0.5) is 0 Å². The van der Waals surface area contributed by atoms with Gasteiger partial charge >= 0.3 is 5.71 Å². The number of aromatic nitrogens is 4. The van der Waals surface area contributed by atoms with Crippen LogP contribution >= 0.6 is 0 Å². The minimum Gasteiger partial charge on any atom is -0.360 e. The van der Waals surface area contributed by atoms with Gasteiger partial charge in [0.2, 0.25) is 6.29 Å². The lowest BCUT2D eigenvalue weighted by molar-refractivity contribution is -0.106. The van der Waals surface area contributed by atoms with E-state index in [-0.39, 0.29) is 11.5 Å². The molecule has 16 heavy (non-hydrogen) atoms. The van der Waals surface area contributed by atoms with E-state index in [9.17, 15) is 4.79 Å². The summed E-state index contributed by atoms with van der Waals surface area (Å²) in [5.74, 6) is 0.0868. The molecule has 0 saturated heterocycles. The molecule has 7 heteroatoms. The summed E-state index contributed by atoms with van der Waals surface area (Å²) in [4.78, 5) is 13.4. The van der Waals surface area contributed by atoms with Gasteiger partial charge in [-0.15, -0.1) is 0 Å². The third-order valence-corrected chi connectivity index (χ3v) is 1.92. The normalized spacial score (nSPS) is 9.50. The van der Waals surface area contributed by atoms with E-state index in [1.54, 1.807) is 24.3 Å². The first-order valence-electron chi connectivity index (χ1n) is 4.38.